The summed E-state index contributed by atoms with van der Waals surface area (Å²) < 4.78 is 40.6. The van der Waals surface area contributed by atoms with Gasteiger partial charge in [0.2, 0.25) is 0 Å². The fourth-order valence-corrected chi connectivity index (χ4v) is 3.82. The van der Waals surface area contributed by atoms with Crippen LogP contribution in [0.2, 0.25) is 0 Å². The lowest BCUT2D eigenvalue weighted by Gasteiger charge is -2.15. The van der Waals surface area contributed by atoms with Crippen molar-refractivity contribution < 1.29 is 17.6 Å². The average molecular weight is 412 g/mol. The minimum atomic E-state index is -3.76. The molecule has 1 atom stereocenters. The zero-order valence-corrected chi connectivity index (χ0v) is 16.8. The fourth-order valence-electron chi connectivity index (χ4n) is 2.77. The molecule has 5 nitrogen and oxygen atoms in total. The minimum Gasteiger partial charge on any atom is -0.346 e. The molecule has 1 amide bonds. The Labute approximate surface area is 169 Å². The molecule has 0 aliphatic rings. The molecule has 0 saturated heterocycles. The van der Waals surface area contributed by atoms with Crippen LogP contribution >= 0.6 is 0 Å². The maximum Gasteiger partial charge on any atom is 0.261 e. The summed E-state index contributed by atoms with van der Waals surface area (Å²) >= 11 is 0. The first-order chi connectivity index (χ1) is 13.7. The monoisotopic (exact) mass is 412 g/mol. The Morgan fingerprint density at radius 2 is 1.62 bits per heavy atom. The van der Waals surface area contributed by atoms with E-state index < -0.39 is 10.0 Å². The number of sulfonamides is 1. The van der Waals surface area contributed by atoms with Crippen LogP contribution in [0.4, 0.5) is 10.1 Å². The fraction of sp³-hybridized carbons (Fsp3) is 0.136. The molecule has 0 aliphatic heterocycles. The Kier molecular flexibility index (Phi) is 5.98. The average Bonchev–Trinajstić information content (AvgIpc) is 2.68. The van der Waals surface area contributed by atoms with Crippen LogP contribution in [0.3, 0.4) is 0 Å². The highest BCUT2D eigenvalue weighted by Crippen LogP contribution is 2.19. The van der Waals surface area contributed by atoms with Gasteiger partial charge in [-0.3, -0.25) is 9.52 Å². The Bertz CT molecular complexity index is 1110. The molecule has 2 N–H and O–H groups in total. The van der Waals surface area contributed by atoms with Gasteiger partial charge in [-0.05, 0) is 61.9 Å². The van der Waals surface area contributed by atoms with Crippen LogP contribution in [0.15, 0.2) is 77.7 Å². The molecule has 3 aromatic carbocycles. The van der Waals surface area contributed by atoms with Gasteiger partial charge in [0.15, 0.2) is 0 Å². The van der Waals surface area contributed by atoms with Crippen molar-refractivity contribution >= 4 is 21.6 Å². The summed E-state index contributed by atoms with van der Waals surface area (Å²) in [5.74, 6) is -0.709. The van der Waals surface area contributed by atoms with E-state index in [-0.39, 0.29) is 28.3 Å². The summed E-state index contributed by atoms with van der Waals surface area (Å²) in [5.41, 5.74) is 2.31. The summed E-state index contributed by atoms with van der Waals surface area (Å²) in [7, 11) is -3.76. The smallest absolute Gasteiger partial charge is 0.261 e. The Hall–Kier alpha value is -3.19. The van der Waals surface area contributed by atoms with E-state index in [2.05, 4.69) is 10.0 Å². The quantitative estimate of drug-likeness (QED) is 0.629. The number of amides is 1. The van der Waals surface area contributed by atoms with Crippen LogP contribution in [0.5, 0.6) is 0 Å². The molecule has 0 aromatic heterocycles. The molecule has 0 unspecified atom stereocenters. The van der Waals surface area contributed by atoms with Gasteiger partial charge in [0, 0.05) is 11.3 Å². The molecule has 0 heterocycles. The number of hydrogen-bond donors (Lipinski definition) is 2. The van der Waals surface area contributed by atoms with Crippen LogP contribution in [0.1, 0.15) is 34.5 Å². The van der Waals surface area contributed by atoms with Gasteiger partial charge in [0.05, 0.1) is 10.9 Å². The second-order valence-electron chi connectivity index (χ2n) is 6.75. The summed E-state index contributed by atoms with van der Waals surface area (Å²) in [6.45, 7) is 3.66. The van der Waals surface area contributed by atoms with Crippen molar-refractivity contribution in [2.45, 2.75) is 24.8 Å². The number of benzene rings is 3. The van der Waals surface area contributed by atoms with Crippen LogP contribution in [0.25, 0.3) is 0 Å². The van der Waals surface area contributed by atoms with Crippen LogP contribution in [0, 0.1) is 12.7 Å². The number of anilines is 1. The molecule has 0 aliphatic carbocycles. The zero-order chi connectivity index (χ0) is 21.0. The molecule has 0 fully saturated rings. The zero-order valence-electron chi connectivity index (χ0n) is 16.0. The largest absolute Gasteiger partial charge is 0.346 e. The van der Waals surface area contributed by atoms with E-state index in [9.17, 15) is 17.6 Å². The van der Waals surface area contributed by atoms with E-state index in [4.69, 9.17) is 0 Å². The first kappa shape index (κ1) is 20.5. The van der Waals surface area contributed by atoms with E-state index in [0.717, 1.165) is 11.1 Å². The van der Waals surface area contributed by atoms with Crippen LogP contribution < -0.4 is 10.0 Å². The second-order valence-corrected chi connectivity index (χ2v) is 8.43. The second kappa shape index (κ2) is 8.45. The van der Waals surface area contributed by atoms with Gasteiger partial charge in [-0.15, -0.1) is 0 Å². The SMILES string of the molecule is Cc1ccc(S(=O)(=O)Nc2cccc(C(=O)N[C@@H](C)c3ccc(F)cc3)c2)cc1. The Morgan fingerprint density at radius 1 is 0.966 bits per heavy atom. The molecule has 0 saturated carbocycles. The van der Waals surface area contributed by atoms with E-state index in [0.29, 0.717) is 5.56 Å². The Balaban J connectivity index is 1.74. The summed E-state index contributed by atoms with van der Waals surface area (Å²) in [5, 5.41) is 2.82. The molecule has 150 valence electrons. The molecule has 0 bridgehead atoms. The lowest BCUT2D eigenvalue weighted by atomic mass is 10.1. The number of hydrogen-bond acceptors (Lipinski definition) is 3. The van der Waals surface area contributed by atoms with Gasteiger partial charge >= 0.3 is 0 Å². The highest BCUT2D eigenvalue weighted by molar-refractivity contribution is 7.92. The predicted octanol–water partition coefficient (Wildman–Crippen LogP) is 4.43. The maximum atomic E-state index is 13.1. The third-order valence-electron chi connectivity index (χ3n) is 4.43. The van der Waals surface area contributed by atoms with E-state index in [1.807, 2.05) is 6.92 Å². The number of rotatable bonds is 6. The first-order valence-electron chi connectivity index (χ1n) is 9.00. The summed E-state index contributed by atoms with van der Waals surface area (Å²) in [4.78, 5) is 12.7. The van der Waals surface area contributed by atoms with Crippen molar-refractivity contribution in [3.05, 3.63) is 95.3 Å². The van der Waals surface area contributed by atoms with Gasteiger partial charge in [0.25, 0.3) is 15.9 Å². The van der Waals surface area contributed by atoms with Crippen molar-refractivity contribution in [1.29, 1.82) is 0 Å². The number of carbonyl (C=O) groups is 1. The summed E-state index contributed by atoms with van der Waals surface area (Å²) in [6.07, 6.45) is 0. The molecule has 3 aromatic rings. The van der Waals surface area contributed by atoms with Crippen molar-refractivity contribution in [2.24, 2.45) is 0 Å². The van der Waals surface area contributed by atoms with Gasteiger partial charge in [-0.2, -0.15) is 0 Å². The van der Waals surface area contributed by atoms with Crippen molar-refractivity contribution in [1.82, 2.24) is 5.32 Å². The number of halogens is 1. The van der Waals surface area contributed by atoms with Gasteiger partial charge < -0.3 is 5.32 Å². The topological polar surface area (TPSA) is 75.3 Å². The van der Waals surface area contributed by atoms with Crippen LogP contribution in [-0.4, -0.2) is 14.3 Å². The standard InChI is InChI=1S/C22H21FN2O3S/c1-15-6-12-21(13-7-15)29(27,28)25-20-5-3-4-18(14-20)22(26)24-16(2)17-8-10-19(23)11-9-17/h3-14,16,25H,1-2H3,(H,24,26)/t16-/m0/s1. The Morgan fingerprint density at radius 3 is 2.28 bits per heavy atom. The molecule has 29 heavy (non-hydrogen) atoms. The highest BCUT2D eigenvalue weighted by Gasteiger charge is 2.16. The molecule has 3 rings (SSSR count). The third-order valence-corrected chi connectivity index (χ3v) is 5.82. The normalized spacial score (nSPS) is 12.2. The number of aryl methyl sites for hydroxylation is 1. The molecule has 0 spiro atoms. The number of carbonyl (C=O) groups excluding carboxylic acids is 1. The maximum absolute atomic E-state index is 13.1. The highest BCUT2D eigenvalue weighted by atomic mass is 32.2. The molecular weight excluding hydrogens is 391 g/mol. The minimum absolute atomic E-state index is 0.142. The van der Waals surface area contributed by atoms with Crippen LogP contribution in [-0.2, 0) is 10.0 Å². The van der Waals surface area contributed by atoms with Gasteiger partial charge in [0.1, 0.15) is 5.82 Å². The van der Waals surface area contributed by atoms with E-state index >= 15 is 0 Å². The van der Waals surface area contributed by atoms with E-state index in [1.54, 1.807) is 49.4 Å². The van der Waals surface area contributed by atoms with Gasteiger partial charge in [-0.25, -0.2) is 12.8 Å². The summed E-state index contributed by atoms with van der Waals surface area (Å²) in [6, 6.07) is 18.3. The molecular formula is C22H21FN2O3S. The van der Waals surface area contributed by atoms with Crippen molar-refractivity contribution in [3.8, 4) is 0 Å². The molecule has 7 heteroatoms. The van der Waals surface area contributed by atoms with Crippen molar-refractivity contribution in [3.63, 3.8) is 0 Å². The third kappa shape index (κ3) is 5.20. The predicted molar refractivity (Wildman–Crippen MR) is 111 cm³/mol. The molecule has 0 radical (unpaired) electrons. The van der Waals surface area contributed by atoms with Gasteiger partial charge in [-0.1, -0.05) is 35.9 Å². The van der Waals surface area contributed by atoms with E-state index in [1.165, 1.54) is 30.3 Å². The van der Waals surface area contributed by atoms with Crippen molar-refractivity contribution in [2.75, 3.05) is 4.72 Å². The lowest BCUT2D eigenvalue weighted by molar-refractivity contribution is 0.0940. The first-order valence-corrected chi connectivity index (χ1v) is 10.5. The number of nitrogens with one attached hydrogen (secondary N) is 2. The lowest BCUT2D eigenvalue weighted by Crippen LogP contribution is -2.26.